The normalized spacial score (nSPS) is 19.4. The average Bonchev–Trinajstić information content (AvgIpc) is 2.98. The van der Waals surface area contributed by atoms with Crippen molar-refractivity contribution in [2.75, 3.05) is 5.32 Å². The predicted molar refractivity (Wildman–Crippen MR) is 73.7 cm³/mol. The number of benzene rings is 1. The molecular weight excluding hydrogens is 244 g/mol. The zero-order valence-electron chi connectivity index (χ0n) is 10.0. The summed E-state index contributed by atoms with van der Waals surface area (Å²) in [6.07, 6.45) is 0. The Morgan fingerprint density at radius 3 is 2.89 bits per heavy atom. The van der Waals surface area contributed by atoms with Gasteiger partial charge in [0.1, 0.15) is 6.04 Å². The Morgan fingerprint density at radius 1 is 1.28 bits per heavy atom. The second-order valence-electron chi connectivity index (χ2n) is 4.41. The molecule has 1 aliphatic heterocycles. The topological polar surface area (TPSA) is 41.1 Å². The van der Waals surface area contributed by atoms with Crippen molar-refractivity contribution in [1.82, 2.24) is 5.32 Å². The van der Waals surface area contributed by atoms with Crippen LogP contribution in [0.5, 0.6) is 0 Å². The van der Waals surface area contributed by atoms with Crippen molar-refractivity contribution in [3.05, 3.63) is 52.2 Å². The maximum atomic E-state index is 12.0. The molecule has 2 N–H and O–H groups in total. The van der Waals surface area contributed by atoms with Gasteiger partial charge in [0.2, 0.25) is 5.91 Å². The van der Waals surface area contributed by atoms with E-state index in [0.717, 1.165) is 11.3 Å². The van der Waals surface area contributed by atoms with Crippen LogP contribution < -0.4 is 10.6 Å². The van der Waals surface area contributed by atoms with Crippen LogP contribution in [-0.2, 0) is 4.79 Å². The first-order valence-electron chi connectivity index (χ1n) is 5.95. The molecule has 3 rings (SSSR count). The number of carbonyl (C=O) groups excluding carboxylic acids is 1. The largest absolute Gasteiger partial charge is 0.324 e. The molecule has 1 aliphatic rings. The number of hydrogen-bond acceptors (Lipinski definition) is 3. The summed E-state index contributed by atoms with van der Waals surface area (Å²) in [5.74, 6) is 0.0274. The number of amides is 1. The van der Waals surface area contributed by atoms with Crippen molar-refractivity contribution in [1.29, 1.82) is 0 Å². The maximum Gasteiger partial charge on any atom is 0.246 e. The molecule has 2 atom stereocenters. The lowest BCUT2D eigenvalue weighted by molar-refractivity contribution is -0.117. The number of thiophene rings is 1. The lowest BCUT2D eigenvalue weighted by Gasteiger charge is -2.17. The van der Waals surface area contributed by atoms with E-state index < -0.39 is 0 Å². The summed E-state index contributed by atoms with van der Waals surface area (Å²) in [6.45, 7) is 2.08. The van der Waals surface area contributed by atoms with Crippen LogP contribution in [0.3, 0.4) is 0 Å². The van der Waals surface area contributed by atoms with E-state index in [1.54, 1.807) is 11.3 Å². The van der Waals surface area contributed by atoms with Crippen LogP contribution in [0.4, 0.5) is 5.69 Å². The van der Waals surface area contributed by atoms with E-state index in [-0.39, 0.29) is 18.0 Å². The molecule has 0 bridgehead atoms. The predicted octanol–water partition coefficient (Wildman–Crippen LogP) is 3.09. The van der Waals surface area contributed by atoms with E-state index in [0.29, 0.717) is 0 Å². The third kappa shape index (κ3) is 1.94. The summed E-state index contributed by atoms with van der Waals surface area (Å²) < 4.78 is 0. The van der Waals surface area contributed by atoms with Gasteiger partial charge in [0, 0.05) is 22.2 Å². The van der Waals surface area contributed by atoms with Gasteiger partial charge in [-0.2, -0.15) is 0 Å². The Labute approximate surface area is 110 Å². The Hall–Kier alpha value is -1.65. The third-order valence-corrected chi connectivity index (χ3v) is 4.23. The first-order chi connectivity index (χ1) is 8.75. The molecular formula is C14H14N2OS. The fraction of sp³-hybridized carbons (Fsp3) is 0.214. The van der Waals surface area contributed by atoms with Crippen molar-refractivity contribution in [2.45, 2.75) is 19.0 Å². The zero-order chi connectivity index (χ0) is 12.5. The number of para-hydroxylation sites is 1. The van der Waals surface area contributed by atoms with Crippen molar-refractivity contribution in [2.24, 2.45) is 0 Å². The molecule has 2 aromatic rings. The lowest BCUT2D eigenvalue weighted by Crippen LogP contribution is -2.29. The molecule has 0 fully saturated rings. The molecule has 92 valence electrons. The summed E-state index contributed by atoms with van der Waals surface area (Å²) in [5.41, 5.74) is 1.95. The molecule has 2 unspecified atom stereocenters. The average molecular weight is 258 g/mol. The van der Waals surface area contributed by atoms with Gasteiger partial charge in [0.15, 0.2) is 0 Å². The van der Waals surface area contributed by atoms with E-state index in [1.807, 2.05) is 30.3 Å². The van der Waals surface area contributed by atoms with Crippen LogP contribution in [0.1, 0.15) is 29.4 Å². The number of rotatable bonds is 3. The van der Waals surface area contributed by atoms with Gasteiger partial charge in [-0.15, -0.1) is 11.3 Å². The second-order valence-corrected chi connectivity index (χ2v) is 5.39. The Kier molecular flexibility index (Phi) is 2.89. The first-order valence-corrected chi connectivity index (χ1v) is 6.83. The van der Waals surface area contributed by atoms with Gasteiger partial charge in [-0.3, -0.25) is 10.1 Å². The molecule has 0 aliphatic carbocycles. The minimum Gasteiger partial charge on any atom is -0.324 e. The zero-order valence-corrected chi connectivity index (χ0v) is 10.8. The van der Waals surface area contributed by atoms with Gasteiger partial charge in [0.05, 0.1) is 0 Å². The highest BCUT2D eigenvalue weighted by molar-refractivity contribution is 7.10. The van der Waals surface area contributed by atoms with Crippen LogP contribution in [0.2, 0.25) is 0 Å². The van der Waals surface area contributed by atoms with Gasteiger partial charge in [-0.1, -0.05) is 24.3 Å². The minimum absolute atomic E-state index is 0.0274. The monoisotopic (exact) mass is 258 g/mol. The summed E-state index contributed by atoms with van der Waals surface area (Å²) in [7, 11) is 0. The number of nitrogens with one attached hydrogen (secondary N) is 2. The van der Waals surface area contributed by atoms with E-state index in [9.17, 15) is 4.79 Å². The van der Waals surface area contributed by atoms with Crippen molar-refractivity contribution >= 4 is 22.9 Å². The number of carbonyl (C=O) groups is 1. The number of anilines is 1. The SMILES string of the molecule is CC(NC1C(=O)Nc2ccccc21)c1cccs1. The molecule has 0 saturated heterocycles. The Morgan fingerprint density at radius 2 is 2.11 bits per heavy atom. The molecule has 0 radical (unpaired) electrons. The van der Waals surface area contributed by atoms with E-state index in [4.69, 9.17) is 0 Å². The highest BCUT2D eigenvalue weighted by Gasteiger charge is 2.31. The molecule has 4 heteroatoms. The third-order valence-electron chi connectivity index (χ3n) is 3.18. The van der Waals surface area contributed by atoms with Crippen LogP contribution in [0.25, 0.3) is 0 Å². The lowest BCUT2D eigenvalue weighted by atomic mass is 10.1. The van der Waals surface area contributed by atoms with Crippen LogP contribution in [-0.4, -0.2) is 5.91 Å². The van der Waals surface area contributed by atoms with Crippen molar-refractivity contribution < 1.29 is 4.79 Å². The molecule has 18 heavy (non-hydrogen) atoms. The highest BCUT2D eigenvalue weighted by atomic mass is 32.1. The molecule has 3 nitrogen and oxygen atoms in total. The summed E-state index contributed by atoms with van der Waals surface area (Å²) in [6, 6.07) is 11.9. The van der Waals surface area contributed by atoms with Crippen LogP contribution >= 0.6 is 11.3 Å². The highest BCUT2D eigenvalue weighted by Crippen LogP contribution is 2.32. The van der Waals surface area contributed by atoms with Gasteiger partial charge in [0.25, 0.3) is 0 Å². The smallest absolute Gasteiger partial charge is 0.246 e. The molecule has 1 aromatic heterocycles. The van der Waals surface area contributed by atoms with Gasteiger partial charge < -0.3 is 5.32 Å². The minimum atomic E-state index is -0.252. The molecule has 1 aromatic carbocycles. The fourth-order valence-electron chi connectivity index (χ4n) is 2.24. The van der Waals surface area contributed by atoms with Gasteiger partial charge in [-0.25, -0.2) is 0 Å². The summed E-state index contributed by atoms with van der Waals surface area (Å²) in [5, 5.41) is 8.34. The Bertz CT molecular complexity index is 565. The standard InChI is InChI=1S/C14H14N2OS/c1-9(12-7-4-8-18-12)15-13-10-5-2-3-6-11(10)16-14(13)17/h2-9,13,15H,1H3,(H,16,17). The maximum absolute atomic E-state index is 12.0. The quantitative estimate of drug-likeness (QED) is 0.888. The van der Waals surface area contributed by atoms with E-state index in [2.05, 4.69) is 29.0 Å². The number of fused-ring (bicyclic) bond motifs is 1. The van der Waals surface area contributed by atoms with Crippen molar-refractivity contribution in [3.8, 4) is 0 Å². The fourth-order valence-corrected chi connectivity index (χ4v) is 2.99. The Balaban J connectivity index is 1.83. The number of hydrogen-bond donors (Lipinski definition) is 2. The molecule has 2 heterocycles. The van der Waals surface area contributed by atoms with E-state index >= 15 is 0 Å². The molecule has 0 spiro atoms. The van der Waals surface area contributed by atoms with E-state index in [1.165, 1.54) is 4.88 Å². The molecule has 0 saturated carbocycles. The van der Waals surface area contributed by atoms with Crippen molar-refractivity contribution in [3.63, 3.8) is 0 Å². The first kappa shape index (κ1) is 11.4. The second kappa shape index (κ2) is 4.55. The molecule has 1 amide bonds. The van der Waals surface area contributed by atoms with Crippen LogP contribution in [0, 0.1) is 0 Å². The summed E-state index contributed by atoms with van der Waals surface area (Å²) in [4.78, 5) is 13.2. The summed E-state index contributed by atoms with van der Waals surface area (Å²) >= 11 is 1.70. The van der Waals surface area contributed by atoms with Gasteiger partial charge >= 0.3 is 0 Å². The van der Waals surface area contributed by atoms with Crippen LogP contribution in [0.15, 0.2) is 41.8 Å². The van der Waals surface area contributed by atoms with Gasteiger partial charge in [-0.05, 0) is 24.4 Å².